The van der Waals surface area contributed by atoms with Gasteiger partial charge in [-0.2, -0.15) is 0 Å². The van der Waals surface area contributed by atoms with Crippen LogP contribution in [0.1, 0.15) is 13.3 Å². The lowest BCUT2D eigenvalue weighted by Crippen LogP contribution is -2.57. The molecule has 0 amide bonds. The van der Waals surface area contributed by atoms with Crippen molar-refractivity contribution >= 4 is 39.7 Å². The molecule has 0 unspecified atom stereocenters. The molecule has 0 fully saturated rings. The zero-order chi connectivity index (χ0) is 20.1. The lowest BCUT2D eigenvalue weighted by molar-refractivity contribution is -0.133. The maximum absolute atomic E-state index is 12.3. The molecule has 0 aliphatic heterocycles. The second-order valence-electron chi connectivity index (χ2n) is 9.35. The van der Waals surface area contributed by atoms with E-state index in [0.717, 1.165) is 6.42 Å². The molecule has 0 N–H and O–H groups in total. The normalized spacial score (nSPS) is 13.7. The Labute approximate surface area is 158 Å². The number of rotatable bonds is 11. The van der Waals surface area contributed by atoms with E-state index in [-0.39, 0.29) is 0 Å². The van der Waals surface area contributed by atoms with Gasteiger partial charge in [-0.1, -0.05) is 6.58 Å². The SMILES string of the molecule is C=C(C)C(=O)O[Si](CCCO[Si](C)(C)C)(O[Si](C)(C)C)O[Si](C)(C)C. The van der Waals surface area contributed by atoms with Crippen molar-refractivity contribution in [3.05, 3.63) is 12.2 Å². The maximum Gasteiger partial charge on any atom is 0.547 e. The molecule has 9 heteroatoms. The Morgan fingerprint density at radius 2 is 1.28 bits per heavy atom. The van der Waals surface area contributed by atoms with Crippen LogP contribution < -0.4 is 0 Å². The summed E-state index contributed by atoms with van der Waals surface area (Å²) in [5.74, 6) is -0.422. The Kier molecular flexibility index (Phi) is 9.23. The summed E-state index contributed by atoms with van der Waals surface area (Å²) in [5, 5.41) is 0. The fourth-order valence-corrected chi connectivity index (χ4v) is 13.1. The first-order valence-corrected chi connectivity index (χ1v) is 21.0. The maximum atomic E-state index is 12.3. The van der Waals surface area contributed by atoms with E-state index in [4.69, 9.17) is 17.1 Å². The van der Waals surface area contributed by atoms with Crippen molar-refractivity contribution in [3.8, 4) is 0 Å². The van der Waals surface area contributed by atoms with Gasteiger partial charge in [-0.25, -0.2) is 4.79 Å². The van der Waals surface area contributed by atoms with Gasteiger partial charge in [0.1, 0.15) is 0 Å². The van der Waals surface area contributed by atoms with Gasteiger partial charge in [-0.3, -0.25) is 0 Å². The van der Waals surface area contributed by atoms with E-state index in [0.29, 0.717) is 18.2 Å². The van der Waals surface area contributed by atoms with Crippen molar-refractivity contribution in [3.63, 3.8) is 0 Å². The second-order valence-corrected chi connectivity index (χ2v) is 26.0. The average molecular weight is 423 g/mol. The fourth-order valence-electron chi connectivity index (χ4n) is 2.04. The summed E-state index contributed by atoms with van der Waals surface area (Å²) in [7, 11) is -8.65. The Morgan fingerprint density at radius 1 is 0.840 bits per heavy atom. The van der Waals surface area contributed by atoms with Gasteiger partial charge < -0.3 is 17.1 Å². The highest BCUT2D eigenvalue weighted by Gasteiger charge is 2.50. The van der Waals surface area contributed by atoms with Gasteiger partial charge >= 0.3 is 14.8 Å². The van der Waals surface area contributed by atoms with Crippen LogP contribution in [0.5, 0.6) is 0 Å². The Bertz CT molecular complexity index is 445. The van der Waals surface area contributed by atoms with Crippen molar-refractivity contribution in [2.45, 2.75) is 78.3 Å². The van der Waals surface area contributed by atoms with Gasteiger partial charge in [0, 0.05) is 18.2 Å². The third kappa shape index (κ3) is 12.9. The van der Waals surface area contributed by atoms with Crippen LogP contribution in [0.4, 0.5) is 0 Å². The standard InChI is InChI=1S/C16H38O5Si4/c1-15(2)16(17)19-25(20-23(6,7)8,21-24(9,10)11)14-12-13-18-22(3,4)5/h1,12-14H2,2-11H3. The molecule has 0 heterocycles. The largest absolute Gasteiger partial charge is 0.547 e. The van der Waals surface area contributed by atoms with Gasteiger partial charge in [-0.05, 0) is 72.3 Å². The summed E-state index contributed by atoms with van der Waals surface area (Å²) in [6, 6.07) is 0.588. The minimum atomic E-state index is -3.14. The van der Waals surface area contributed by atoms with Crippen molar-refractivity contribution in [2.24, 2.45) is 0 Å². The van der Waals surface area contributed by atoms with E-state index >= 15 is 0 Å². The van der Waals surface area contributed by atoms with E-state index in [1.165, 1.54) is 0 Å². The van der Waals surface area contributed by atoms with E-state index < -0.39 is 39.7 Å². The zero-order valence-electron chi connectivity index (χ0n) is 17.9. The molecule has 0 aliphatic rings. The second kappa shape index (κ2) is 9.24. The average Bonchev–Trinajstić information content (AvgIpc) is 2.28. The molecule has 0 saturated carbocycles. The molecule has 0 aromatic heterocycles. The molecular formula is C16H38O5Si4. The minimum Gasteiger partial charge on any atom is -0.471 e. The quantitative estimate of drug-likeness (QED) is 0.267. The van der Waals surface area contributed by atoms with Crippen LogP contribution in [0, 0.1) is 0 Å². The summed E-state index contributed by atoms with van der Waals surface area (Å²) in [6.07, 6.45) is 0.759. The Hall–Kier alpha value is -0.0425. The molecule has 148 valence electrons. The van der Waals surface area contributed by atoms with Crippen molar-refractivity contribution in [1.29, 1.82) is 0 Å². The number of carbonyl (C=O) groups excluding carboxylic acids is 1. The van der Waals surface area contributed by atoms with Gasteiger partial charge in [0.15, 0.2) is 25.0 Å². The molecule has 5 nitrogen and oxygen atoms in total. The minimum absolute atomic E-state index is 0.369. The van der Waals surface area contributed by atoms with Gasteiger partial charge in [0.05, 0.1) is 0 Å². The third-order valence-electron chi connectivity index (χ3n) is 2.68. The zero-order valence-corrected chi connectivity index (χ0v) is 21.9. The highest BCUT2D eigenvalue weighted by atomic mass is 28.5. The van der Waals surface area contributed by atoms with E-state index in [2.05, 4.69) is 65.5 Å². The first-order valence-electron chi connectivity index (χ1n) is 8.88. The van der Waals surface area contributed by atoms with Crippen molar-refractivity contribution < 1.29 is 21.9 Å². The van der Waals surface area contributed by atoms with Crippen LogP contribution in [0.2, 0.25) is 65.0 Å². The monoisotopic (exact) mass is 422 g/mol. The summed E-state index contributed by atoms with van der Waals surface area (Å²) >= 11 is 0. The number of hydrogen-bond acceptors (Lipinski definition) is 5. The summed E-state index contributed by atoms with van der Waals surface area (Å²) < 4.78 is 24.6. The first-order chi connectivity index (χ1) is 10.9. The predicted molar refractivity (Wildman–Crippen MR) is 114 cm³/mol. The predicted octanol–water partition coefficient (Wildman–Crippen LogP) is 4.99. The number of hydrogen-bond donors (Lipinski definition) is 0. The molecule has 0 saturated heterocycles. The molecule has 0 radical (unpaired) electrons. The van der Waals surface area contributed by atoms with Gasteiger partial charge in [-0.15, -0.1) is 0 Å². The van der Waals surface area contributed by atoms with Gasteiger partial charge in [0.25, 0.3) is 0 Å². The molecule has 0 rings (SSSR count). The molecule has 0 spiro atoms. The summed E-state index contributed by atoms with van der Waals surface area (Å²) in [6.45, 7) is 25.0. The van der Waals surface area contributed by atoms with E-state index in [9.17, 15) is 4.79 Å². The highest BCUT2D eigenvalue weighted by Crippen LogP contribution is 2.28. The molecule has 0 bridgehead atoms. The molecular weight excluding hydrogens is 385 g/mol. The van der Waals surface area contributed by atoms with Crippen LogP contribution in [0.15, 0.2) is 12.2 Å². The van der Waals surface area contributed by atoms with E-state index in [1.54, 1.807) is 6.92 Å². The van der Waals surface area contributed by atoms with Crippen LogP contribution in [-0.2, 0) is 21.9 Å². The first kappa shape index (κ1) is 25.0. The van der Waals surface area contributed by atoms with E-state index in [1.807, 2.05) is 0 Å². The number of carbonyl (C=O) groups is 1. The topological polar surface area (TPSA) is 54.0 Å². The molecule has 0 aromatic carbocycles. The van der Waals surface area contributed by atoms with Gasteiger partial charge in [0.2, 0.25) is 0 Å². The molecule has 0 atom stereocenters. The Balaban J connectivity index is 5.43. The molecule has 0 aliphatic carbocycles. The Morgan fingerprint density at radius 3 is 1.60 bits per heavy atom. The summed E-state index contributed by atoms with van der Waals surface area (Å²) in [5.41, 5.74) is 0.369. The smallest absolute Gasteiger partial charge is 0.471 e. The fraction of sp³-hybridized carbons (Fsp3) is 0.812. The lowest BCUT2D eigenvalue weighted by atomic mass is 10.4. The van der Waals surface area contributed by atoms with Crippen LogP contribution in [0.25, 0.3) is 0 Å². The highest BCUT2D eigenvalue weighted by molar-refractivity contribution is 6.86. The summed E-state index contributed by atoms with van der Waals surface area (Å²) in [4.78, 5) is 12.3. The van der Waals surface area contributed by atoms with Crippen LogP contribution in [0.3, 0.4) is 0 Å². The van der Waals surface area contributed by atoms with Crippen LogP contribution in [-0.4, -0.2) is 46.3 Å². The van der Waals surface area contributed by atoms with Crippen molar-refractivity contribution in [2.75, 3.05) is 6.61 Å². The lowest BCUT2D eigenvalue weighted by Gasteiger charge is -2.38. The molecule has 25 heavy (non-hydrogen) atoms. The van der Waals surface area contributed by atoms with Crippen molar-refractivity contribution in [1.82, 2.24) is 0 Å². The third-order valence-corrected chi connectivity index (χ3v) is 12.6. The molecule has 0 aromatic rings. The van der Waals surface area contributed by atoms with Crippen LogP contribution >= 0.6 is 0 Å².